The van der Waals surface area contributed by atoms with Gasteiger partial charge in [0.2, 0.25) is 0 Å². The van der Waals surface area contributed by atoms with Gasteiger partial charge < -0.3 is 4.74 Å². The van der Waals surface area contributed by atoms with Gasteiger partial charge in [-0.15, -0.1) is 0 Å². The molecule has 0 radical (unpaired) electrons. The third kappa shape index (κ3) is 3.82. The molecule has 6 rings (SSSR count). The minimum absolute atomic E-state index is 0.316. The topological polar surface area (TPSA) is 29.5 Å². The van der Waals surface area contributed by atoms with Gasteiger partial charge in [-0.25, -0.2) is 0 Å². The molecule has 2 saturated heterocycles. The quantitative estimate of drug-likeness (QED) is 0.615. The Morgan fingerprint density at radius 2 is 1.83 bits per heavy atom. The molecule has 4 fully saturated rings. The van der Waals surface area contributed by atoms with Crippen LogP contribution in [-0.4, -0.2) is 28.9 Å². The zero-order valence-corrected chi connectivity index (χ0v) is 17.6. The standard InChI is InChI=1S/C26H33NO2/c1-2-25(28)20-14-21-16-22(15-20)27(21)17-18-11-12-24-19(13-18)7-6-10-26(24)29-23-8-4-3-5-9-23/h6-7,10-13,20-23H,2-5,8-9,14-17H2,1H3. The highest BCUT2D eigenvalue weighted by atomic mass is 16.5. The maximum Gasteiger partial charge on any atom is 0.135 e. The van der Waals surface area contributed by atoms with E-state index in [9.17, 15) is 4.79 Å². The van der Waals surface area contributed by atoms with Gasteiger partial charge in [-0.3, -0.25) is 9.69 Å². The van der Waals surface area contributed by atoms with Crippen LogP contribution in [0.2, 0.25) is 0 Å². The molecular formula is C26H33NO2. The van der Waals surface area contributed by atoms with Gasteiger partial charge in [0, 0.05) is 36.4 Å². The van der Waals surface area contributed by atoms with Gasteiger partial charge in [0.15, 0.2) is 0 Å². The van der Waals surface area contributed by atoms with E-state index in [1.54, 1.807) is 0 Å². The van der Waals surface area contributed by atoms with E-state index in [0.717, 1.165) is 25.1 Å². The molecule has 0 spiro atoms. The fourth-order valence-corrected chi connectivity index (χ4v) is 5.85. The van der Waals surface area contributed by atoms with Crippen molar-refractivity contribution < 1.29 is 9.53 Å². The lowest BCUT2D eigenvalue weighted by molar-refractivity contribution is -0.131. The fourth-order valence-electron chi connectivity index (χ4n) is 5.85. The summed E-state index contributed by atoms with van der Waals surface area (Å²) < 4.78 is 6.38. The second-order valence-corrected chi connectivity index (χ2v) is 9.39. The summed E-state index contributed by atoms with van der Waals surface area (Å²) in [5.41, 5.74) is 1.38. The molecule has 3 heteroatoms. The average Bonchev–Trinajstić information content (AvgIpc) is 2.77. The van der Waals surface area contributed by atoms with Gasteiger partial charge >= 0.3 is 0 Å². The number of hydrogen-bond acceptors (Lipinski definition) is 3. The maximum atomic E-state index is 12.1. The molecule has 2 aromatic carbocycles. The van der Waals surface area contributed by atoms with Gasteiger partial charge in [0.1, 0.15) is 11.5 Å². The second kappa shape index (κ2) is 8.10. The predicted molar refractivity (Wildman–Crippen MR) is 117 cm³/mol. The summed E-state index contributed by atoms with van der Waals surface area (Å²) in [6.45, 7) is 3.01. The first kappa shape index (κ1) is 19.1. The summed E-state index contributed by atoms with van der Waals surface area (Å²) in [7, 11) is 0. The van der Waals surface area contributed by atoms with Crippen molar-refractivity contribution >= 4 is 16.6 Å². The molecule has 2 aliphatic carbocycles. The van der Waals surface area contributed by atoms with Crippen LogP contribution >= 0.6 is 0 Å². The van der Waals surface area contributed by atoms with E-state index in [4.69, 9.17) is 4.74 Å². The first-order valence-electron chi connectivity index (χ1n) is 11.7. The number of carbonyl (C=O) groups excluding carboxylic acids is 1. The minimum Gasteiger partial charge on any atom is -0.490 e. The number of Topliss-reactive ketones (excluding diaryl/α,β-unsaturated/α-hetero) is 1. The van der Waals surface area contributed by atoms with E-state index in [1.807, 2.05) is 6.92 Å². The average molecular weight is 392 g/mol. The fraction of sp³-hybridized carbons (Fsp3) is 0.577. The van der Waals surface area contributed by atoms with Gasteiger partial charge in [0.25, 0.3) is 0 Å². The molecule has 154 valence electrons. The number of nitrogens with zero attached hydrogens (tertiary/aromatic N) is 1. The van der Waals surface area contributed by atoms with Crippen molar-refractivity contribution in [2.45, 2.75) is 89.4 Å². The Morgan fingerprint density at radius 3 is 2.59 bits per heavy atom. The van der Waals surface area contributed by atoms with Crippen LogP contribution in [0, 0.1) is 5.92 Å². The SMILES string of the molecule is CCC(=O)C1CC2CC(C1)N2Cc1ccc2c(OC3CCCCC3)cccc2c1. The molecule has 0 N–H and O–H groups in total. The summed E-state index contributed by atoms with van der Waals surface area (Å²) in [5, 5.41) is 2.51. The van der Waals surface area contributed by atoms with Crippen LogP contribution in [0.3, 0.4) is 0 Å². The Morgan fingerprint density at radius 1 is 1.03 bits per heavy atom. The summed E-state index contributed by atoms with van der Waals surface area (Å²) in [4.78, 5) is 14.7. The second-order valence-electron chi connectivity index (χ2n) is 9.39. The van der Waals surface area contributed by atoms with Crippen LogP contribution in [0.4, 0.5) is 0 Å². The summed E-state index contributed by atoms with van der Waals surface area (Å²) in [6.07, 6.45) is 10.8. The van der Waals surface area contributed by atoms with Crippen molar-refractivity contribution in [3.05, 3.63) is 42.0 Å². The number of ketones is 1. The Balaban J connectivity index is 1.28. The van der Waals surface area contributed by atoms with Gasteiger partial charge in [-0.05, 0) is 68.0 Å². The van der Waals surface area contributed by atoms with E-state index in [0.29, 0.717) is 36.3 Å². The third-order valence-electron chi connectivity index (χ3n) is 7.51. The summed E-state index contributed by atoms with van der Waals surface area (Å²) >= 11 is 0. The molecule has 3 nitrogen and oxygen atoms in total. The Bertz CT molecular complexity index is 873. The van der Waals surface area contributed by atoms with E-state index in [2.05, 4.69) is 41.3 Å². The number of piperidine rings is 1. The lowest BCUT2D eigenvalue weighted by atomic mass is 9.71. The maximum absolute atomic E-state index is 12.1. The van der Waals surface area contributed by atoms with Crippen LogP contribution in [0.5, 0.6) is 5.75 Å². The van der Waals surface area contributed by atoms with Crippen molar-refractivity contribution in [1.82, 2.24) is 4.90 Å². The number of fused-ring (bicyclic) bond motifs is 3. The van der Waals surface area contributed by atoms with Gasteiger partial charge in [-0.1, -0.05) is 37.6 Å². The van der Waals surface area contributed by atoms with Crippen molar-refractivity contribution in [2.24, 2.45) is 5.92 Å². The van der Waals surface area contributed by atoms with Crippen LogP contribution in [0.25, 0.3) is 10.8 Å². The molecule has 4 aliphatic rings. The zero-order valence-electron chi connectivity index (χ0n) is 17.6. The van der Waals surface area contributed by atoms with Crippen molar-refractivity contribution in [2.75, 3.05) is 0 Å². The van der Waals surface area contributed by atoms with E-state index in [-0.39, 0.29) is 0 Å². The monoisotopic (exact) mass is 391 g/mol. The highest BCUT2D eigenvalue weighted by Crippen LogP contribution is 2.43. The van der Waals surface area contributed by atoms with E-state index >= 15 is 0 Å². The zero-order chi connectivity index (χ0) is 19.8. The summed E-state index contributed by atoms with van der Waals surface area (Å²) in [6, 6.07) is 14.5. The molecule has 2 aromatic rings. The lowest BCUT2D eigenvalue weighted by Gasteiger charge is -2.55. The Labute approximate surface area is 174 Å². The van der Waals surface area contributed by atoms with Crippen LogP contribution in [0.1, 0.15) is 70.3 Å². The predicted octanol–water partition coefficient (Wildman–Crippen LogP) is 5.88. The lowest BCUT2D eigenvalue weighted by Crippen LogP contribution is -2.60. The largest absolute Gasteiger partial charge is 0.490 e. The first-order valence-corrected chi connectivity index (χ1v) is 11.7. The van der Waals surface area contributed by atoms with Crippen LogP contribution in [-0.2, 0) is 11.3 Å². The smallest absolute Gasteiger partial charge is 0.135 e. The Hall–Kier alpha value is -1.87. The molecule has 2 atom stereocenters. The molecule has 0 aromatic heterocycles. The summed E-state index contributed by atoms with van der Waals surface area (Å²) in [5.74, 6) is 1.83. The molecule has 2 aliphatic heterocycles. The van der Waals surface area contributed by atoms with Crippen molar-refractivity contribution in [3.63, 3.8) is 0 Å². The molecule has 2 saturated carbocycles. The van der Waals surface area contributed by atoms with Crippen LogP contribution in [0.15, 0.2) is 36.4 Å². The Kier molecular flexibility index (Phi) is 5.34. The molecule has 2 heterocycles. The van der Waals surface area contributed by atoms with Crippen molar-refractivity contribution in [1.29, 1.82) is 0 Å². The van der Waals surface area contributed by atoms with E-state index < -0.39 is 0 Å². The molecule has 2 unspecified atom stereocenters. The van der Waals surface area contributed by atoms with Gasteiger partial charge in [-0.2, -0.15) is 0 Å². The minimum atomic E-state index is 0.316. The number of rotatable bonds is 6. The highest BCUT2D eigenvalue weighted by Gasteiger charge is 2.46. The number of hydrogen-bond donors (Lipinski definition) is 0. The normalized spacial score (nSPS) is 27.6. The molecule has 29 heavy (non-hydrogen) atoms. The molecular weight excluding hydrogens is 358 g/mol. The molecule has 0 amide bonds. The van der Waals surface area contributed by atoms with Gasteiger partial charge in [0.05, 0.1) is 6.10 Å². The van der Waals surface area contributed by atoms with E-state index in [1.165, 1.54) is 54.9 Å². The first-order chi connectivity index (χ1) is 14.2. The number of carbonyl (C=O) groups is 1. The number of ether oxygens (including phenoxy) is 1. The van der Waals surface area contributed by atoms with Crippen LogP contribution < -0.4 is 4.74 Å². The third-order valence-corrected chi connectivity index (χ3v) is 7.51. The highest BCUT2D eigenvalue weighted by molar-refractivity contribution is 5.88. The van der Waals surface area contributed by atoms with Crippen molar-refractivity contribution in [3.8, 4) is 5.75 Å². The molecule has 2 bridgehead atoms. The number of benzene rings is 2.